The highest BCUT2D eigenvalue weighted by atomic mass is 32.2. The maximum absolute atomic E-state index is 12.2. The Morgan fingerprint density at radius 2 is 2.08 bits per heavy atom. The lowest BCUT2D eigenvalue weighted by Gasteiger charge is -2.28. The molecular weight excluding hydrogens is 346 g/mol. The van der Waals surface area contributed by atoms with E-state index in [1.165, 1.54) is 14.2 Å². The molecule has 1 N–H and O–H groups in total. The fourth-order valence-electron chi connectivity index (χ4n) is 2.56. The second-order valence-electron chi connectivity index (χ2n) is 5.96. The molecule has 0 aromatic heterocycles. The Balaban J connectivity index is 2.18. The highest BCUT2D eigenvalue weighted by molar-refractivity contribution is 7.88. The molecule has 2 rings (SSSR count). The molecule has 1 aliphatic heterocycles. The van der Waals surface area contributed by atoms with E-state index in [4.69, 9.17) is 4.74 Å². The van der Waals surface area contributed by atoms with E-state index in [0.717, 1.165) is 23.4 Å². The number of ether oxygens (including phenoxy) is 1. The summed E-state index contributed by atoms with van der Waals surface area (Å²) < 4.78 is 29.1. The van der Waals surface area contributed by atoms with E-state index < -0.39 is 15.9 Å². The Morgan fingerprint density at radius 1 is 1.36 bits per heavy atom. The number of sulfonamides is 1. The summed E-state index contributed by atoms with van der Waals surface area (Å²) in [7, 11) is -0.579. The molecule has 8 nitrogen and oxygen atoms in total. The molecular formula is C16H23N3O5S. The molecule has 1 aliphatic rings. The van der Waals surface area contributed by atoms with E-state index >= 15 is 0 Å². The zero-order valence-electron chi connectivity index (χ0n) is 14.6. The molecule has 0 radical (unpaired) electrons. The van der Waals surface area contributed by atoms with Gasteiger partial charge in [-0.25, -0.2) is 8.42 Å². The summed E-state index contributed by atoms with van der Waals surface area (Å²) in [5.74, 6) is 0.0975. The number of anilines is 2. The summed E-state index contributed by atoms with van der Waals surface area (Å²) in [5.41, 5.74) is 1.07. The highest BCUT2D eigenvalue weighted by Crippen LogP contribution is 2.33. The number of rotatable bonds is 6. The SMILES string of the molecule is COc1ccc(NC(=O)CN(C)S(C)(=O)=O)cc1N1CCCCC1=O. The van der Waals surface area contributed by atoms with Gasteiger partial charge >= 0.3 is 0 Å². The van der Waals surface area contributed by atoms with Crippen LogP contribution in [0.4, 0.5) is 11.4 Å². The summed E-state index contributed by atoms with van der Waals surface area (Å²) in [6, 6.07) is 4.99. The van der Waals surface area contributed by atoms with Crippen LogP contribution in [-0.4, -0.2) is 58.0 Å². The molecule has 25 heavy (non-hydrogen) atoms. The molecule has 0 bridgehead atoms. The number of methoxy groups -OCH3 is 1. The van der Waals surface area contributed by atoms with Gasteiger partial charge in [0, 0.05) is 25.7 Å². The van der Waals surface area contributed by atoms with Crippen LogP contribution in [0.5, 0.6) is 5.75 Å². The average molecular weight is 369 g/mol. The number of nitrogens with one attached hydrogen (secondary N) is 1. The van der Waals surface area contributed by atoms with E-state index in [-0.39, 0.29) is 12.5 Å². The number of carbonyl (C=O) groups is 2. The van der Waals surface area contributed by atoms with Gasteiger partial charge in [-0.1, -0.05) is 0 Å². The number of carbonyl (C=O) groups excluding carboxylic acids is 2. The second kappa shape index (κ2) is 7.83. The lowest BCUT2D eigenvalue weighted by molar-refractivity contribution is -0.119. The number of hydrogen-bond acceptors (Lipinski definition) is 5. The molecule has 0 unspecified atom stereocenters. The third-order valence-electron chi connectivity index (χ3n) is 4.01. The van der Waals surface area contributed by atoms with Crippen LogP contribution in [0.2, 0.25) is 0 Å². The molecule has 0 spiro atoms. The van der Waals surface area contributed by atoms with Crippen molar-refractivity contribution < 1.29 is 22.7 Å². The largest absolute Gasteiger partial charge is 0.495 e. The third-order valence-corrected chi connectivity index (χ3v) is 5.27. The number of likely N-dealkylation sites (N-methyl/N-ethyl adjacent to an activating group) is 1. The normalized spacial score (nSPS) is 15.4. The van der Waals surface area contributed by atoms with E-state index in [9.17, 15) is 18.0 Å². The molecule has 1 saturated heterocycles. The van der Waals surface area contributed by atoms with Crippen LogP contribution in [0.15, 0.2) is 18.2 Å². The molecule has 2 amide bonds. The Hall–Kier alpha value is -2.13. The minimum absolute atomic E-state index is 0.0184. The number of hydrogen-bond donors (Lipinski definition) is 1. The smallest absolute Gasteiger partial charge is 0.239 e. The maximum atomic E-state index is 12.2. The maximum Gasteiger partial charge on any atom is 0.239 e. The number of amides is 2. The van der Waals surface area contributed by atoms with E-state index in [1.54, 1.807) is 23.1 Å². The van der Waals surface area contributed by atoms with Crippen LogP contribution in [0.3, 0.4) is 0 Å². The van der Waals surface area contributed by atoms with E-state index in [2.05, 4.69) is 5.32 Å². The van der Waals surface area contributed by atoms with Crippen molar-refractivity contribution in [1.29, 1.82) is 0 Å². The van der Waals surface area contributed by atoms with Crippen molar-refractivity contribution in [2.75, 3.05) is 43.7 Å². The van der Waals surface area contributed by atoms with Gasteiger partial charge in [-0.3, -0.25) is 9.59 Å². The zero-order chi connectivity index (χ0) is 18.6. The molecule has 1 aromatic rings. The molecule has 1 fully saturated rings. The van der Waals surface area contributed by atoms with Crippen molar-refractivity contribution in [3.8, 4) is 5.75 Å². The predicted molar refractivity (Wildman–Crippen MR) is 95.3 cm³/mol. The molecule has 138 valence electrons. The van der Waals surface area contributed by atoms with Crippen molar-refractivity contribution in [3.63, 3.8) is 0 Å². The number of piperidine rings is 1. The van der Waals surface area contributed by atoms with Crippen LogP contribution < -0.4 is 15.0 Å². The second-order valence-corrected chi connectivity index (χ2v) is 8.05. The van der Waals surface area contributed by atoms with Gasteiger partial charge in [0.25, 0.3) is 0 Å². The Kier molecular flexibility index (Phi) is 6.02. The quantitative estimate of drug-likeness (QED) is 0.808. The summed E-state index contributed by atoms with van der Waals surface area (Å²) in [4.78, 5) is 25.9. The van der Waals surface area contributed by atoms with Gasteiger partial charge in [0.1, 0.15) is 5.75 Å². The third kappa shape index (κ3) is 4.93. The summed E-state index contributed by atoms with van der Waals surface area (Å²) in [6.45, 7) is 0.312. The van der Waals surface area contributed by atoms with Gasteiger partial charge in [0.2, 0.25) is 21.8 Å². The fraction of sp³-hybridized carbons (Fsp3) is 0.500. The molecule has 0 saturated carbocycles. The van der Waals surface area contributed by atoms with Gasteiger partial charge in [-0.15, -0.1) is 0 Å². The van der Waals surface area contributed by atoms with Crippen molar-refractivity contribution in [2.24, 2.45) is 0 Å². The van der Waals surface area contributed by atoms with Crippen molar-refractivity contribution in [1.82, 2.24) is 4.31 Å². The lowest BCUT2D eigenvalue weighted by Crippen LogP contribution is -2.36. The first-order valence-electron chi connectivity index (χ1n) is 7.92. The first-order valence-corrected chi connectivity index (χ1v) is 9.77. The van der Waals surface area contributed by atoms with Crippen LogP contribution in [0.25, 0.3) is 0 Å². The Morgan fingerprint density at radius 3 is 2.68 bits per heavy atom. The molecule has 1 heterocycles. The topological polar surface area (TPSA) is 96.0 Å². The van der Waals surface area contributed by atoms with Gasteiger partial charge in [0.15, 0.2) is 0 Å². The molecule has 0 aliphatic carbocycles. The van der Waals surface area contributed by atoms with Crippen molar-refractivity contribution >= 4 is 33.2 Å². The molecule has 9 heteroatoms. The standard InChI is InChI=1S/C16H23N3O5S/c1-18(25(3,22)23)11-15(20)17-12-7-8-14(24-2)13(10-12)19-9-5-4-6-16(19)21/h7-8,10H,4-6,9,11H2,1-3H3,(H,17,20). The van der Waals surface area contributed by atoms with Gasteiger partial charge < -0.3 is 15.0 Å². The lowest BCUT2D eigenvalue weighted by atomic mass is 10.1. The minimum atomic E-state index is -3.43. The summed E-state index contributed by atoms with van der Waals surface area (Å²) in [5, 5.41) is 2.65. The summed E-state index contributed by atoms with van der Waals surface area (Å²) in [6.07, 6.45) is 3.29. The Labute approximate surface area is 147 Å². The number of nitrogens with zero attached hydrogens (tertiary/aromatic N) is 2. The van der Waals surface area contributed by atoms with E-state index in [1.807, 2.05) is 0 Å². The average Bonchev–Trinajstić information content (AvgIpc) is 2.54. The summed E-state index contributed by atoms with van der Waals surface area (Å²) >= 11 is 0. The first-order chi connectivity index (χ1) is 11.7. The fourth-order valence-corrected chi connectivity index (χ4v) is 2.91. The molecule has 1 aromatic carbocycles. The van der Waals surface area contributed by atoms with Crippen LogP contribution in [-0.2, 0) is 19.6 Å². The number of benzene rings is 1. The zero-order valence-corrected chi connectivity index (χ0v) is 15.4. The van der Waals surface area contributed by atoms with Gasteiger partial charge in [-0.2, -0.15) is 4.31 Å². The molecule has 0 atom stereocenters. The van der Waals surface area contributed by atoms with Crippen molar-refractivity contribution in [2.45, 2.75) is 19.3 Å². The van der Waals surface area contributed by atoms with E-state index in [0.29, 0.717) is 30.1 Å². The van der Waals surface area contributed by atoms with Gasteiger partial charge in [0.05, 0.1) is 25.6 Å². The first kappa shape index (κ1) is 19.2. The Bertz CT molecular complexity index is 763. The van der Waals surface area contributed by atoms with Gasteiger partial charge in [-0.05, 0) is 31.0 Å². The minimum Gasteiger partial charge on any atom is -0.495 e. The monoisotopic (exact) mass is 369 g/mol. The predicted octanol–water partition coefficient (Wildman–Crippen LogP) is 1.04. The van der Waals surface area contributed by atoms with Crippen LogP contribution in [0.1, 0.15) is 19.3 Å². The van der Waals surface area contributed by atoms with Crippen LogP contribution >= 0.6 is 0 Å². The van der Waals surface area contributed by atoms with Crippen molar-refractivity contribution in [3.05, 3.63) is 18.2 Å². The van der Waals surface area contributed by atoms with Crippen LogP contribution in [0, 0.1) is 0 Å². The highest BCUT2D eigenvalue weighted by Gasteiger charge is 2.23.